The van der Waals surface area contributed by atoms with Crippen molar-refractivity contribution in [2.45, 2.75) is 13.0 Å². The number of benzene rings is 1. The number of aromatic nitrogens is 3. The molecular weight excluding hydrogens is 331 g/mol. The summed E-state index contributed by atoms with van der Waals surface area (Å²) in [5.74, 6) is -0.0775. The van der Waals surface area contributed by atoms with Gasteiger partial charge in [0.05, 0.1) is 4.47 Å². The van der Waals surface area contributed by atoms with Crippen molar-refractivity contribution in [3.05, 3.63) is 34.8 Å². The maximum Gasteiger partial charge on any atom is 0.573 e. The molecule has 0 bridgehead atoms. The van der Waals surface area contributed by atoms with Crippen LogP contribution in [-0.4, -0.2) is 26.2 Å². The molecule has 1 aromatic carbocycles. The van der Waals surface area contributed by atoms with E-state index < -0.39 is 6.36 Å². The van der Waals surface area contributed by atoms with E-state index in [1.807, 2.05) is 0 Å². The third-order valence-electron chi connectivity index (χ3n) is 2.18. The van der Waals surface area contributed by atoms with Crippen LogP contribution in [0.4, 0.5) is 13.2 Å². The minimum absolute atomic E-state index is 0.125. The number of ether oxygens (including phenoxy) is 1. The number of halogens is 4. The van der Waals surface area contributed by atoms with Crippen LogP contribution in [0.25, 0.3) is 5.69 Å². The Labute approximate surface area is 113 Å². The van der Waals surface area contributed by atoms with Crippen LogP contribution in [0.3, 0.4) is 0 Å². The van der Waals surface area contributed by atoms with E-state index in [4.69, 9.17) is 5.11 Å². The Bertz CT molecular complexity index is 586. The average molecular weight is 338 g/mol. The summed E-state index contributed by atoms with van der Waals surface area (Å²) in [5.41, 5.74) is 0.496. The van der Waals surface area contributed by atoms with E-state index in [-0.39, 0.29) is 22.7 Å². The molecular formula is C10H7BrF3N3O2. The molecule has 0 saturated carbocycles. The van der Waals surface area contributed by atoms with Crippen LogP contribution in [0, 0.1) is 0 Å². The molecule has 1 aromatic heterocycles. The first-order chi connectivity index (χ1) is 8.90. The van der Waals surface area contributed by atoms with Crippen LogP contribution >= 0.6 is 15.9 Å². The van der Waals surface area contributed by atoms with Gasteiger partial charge in [-0.2, -0.15) is 0 Å². The molecule has 0 saturated heterocycles. The van der Waals surface area contributed by atoms with Gasteiger partial charge in [-0.3, -0.25) is 4.57 Å². The molecule has 0 amide bonds. The largest absolute Gasteiger partial charge is 0.573 e. The topological polar surface area (TPSA) is 60.2 Å². The molecule has 9 heteroatoms. The molecule has 0 unspecified atom stereocenters. The number of aliphatic hydroxyl groups excluding tert-OH is 1. The number of hydrogen-bond acceptors (Lipinski definition) is 4. The Balaban J connectivity index is 2.34. The monoisotopic (exact) mass is 337 g/mol. The molecule has 0 fully saturated rings. The van der Waals surface area contributed by atoms with Crippen molar-refractivity contribution >= 4 is 15.9 Å². The molecule has 1 N–H and O–H groups in total. The molecule has 0 aliphatic carbocycles. The smallest absolute Gasteiger partial charge is 0.405 e. The quantitative estimate of drug-likeness (QED) is 0.934. The molecule has 19 heavy (non-hydrogen) atoms. The van der Waals surface area contributed by atoms with Gasteiger partial charge in [-0.1, -0.05) is 0 Å². The van der Waals surface area contributed by atoms with Gasteiger partial charge < -0.3 is 9.84 Å². The summed E-state index contributed by atoms with van der Waals surface area (Å²) in [6, 6.07) is 3.96. The molecule has 0 aliphatic heterocycles. The highest BCUT2D eigenvalue weighted by atomic mass is 79.9. The molecule has 5 nitrogen and oxygen atoms in total. The van der Waals surface area contributed by atoms with Crippen LogP contribution in [0.15, 0.2) is 29.0 Å². The zero-order chi connectivity index (χ0) is 14.0. The average Bonchev–Trinajstić information content (AvgIpc) is 2.78. The van der Waals surface area contributed by atoms with Crippen LogP contribution in [0.1, 0.15) is 5.82 Å². The Morgan fingerprint density at radius 3 is 2.68 bits per heavy atom. The van der Waals surface area contributed by atoms with E-state index in [0.717, 1.165) is 6.07 Å². The number of aliphatic hydroxyl groups is 1. The summed E-state index contributed by atoms with van der Waals surface area (Å²) in [6.45, 7) is -0.335. The van der Waals surface area contributed by atoms with Gasteiger partial charge in [-0.15, -0.1) is 23.4 Å². The van der Waals surface area contributed by atoms with Gasteiger partial charge in [0.25, 0.3) is 0 Å². The van der Waals surface area contributed by atoms with E-state index in [1.165, 1.54) is 23.0 Å². The van der Waals surface area contributed by atoms with E-state index in [2.05, 4.69) is 30.9 Å². The maximum absolute atomic E-state index is 12.1. The van der Waals surface area contributed by atoms with Gasteiger partial charge in [0.2, 0.25) is 0 Å². The molecule has 2 rings (SSSR count). The number of rotatable bonds is 3. The van der Waals surface area contributed by atoms with Crippen LogP contribution in [0.2, 0.25) is 0 Å². The molecule has 0 spiro atoms. The standard InChI is InChI=1S/C10H7BrF3N3O2/c11-7-3-6(17-5-15-16-9(17)4-18)1-2-8(7)19-10(12,13)14/h1-3,5,18H,4H2. The third-order valence-corrected chi connectivity index (χ3v) is 2.80. The minimum Gasteiger partial charge on any atom is -0.405 e. The highest BCUT2D eigenvalue weighted by Gasteiger charge is 2.32. The fourth-order valence-corrected chi connectivity index (χ4v) is 1.88. The van der Waals surface area contributed by atoms with Crippen molar-refractivity contribution in [2.75, 3.05) is 0 Å². The predicted molar refractivity (Wildman–Crippen MR) is 61.7 cm³/mol. The molecule has 2 aromatic rings. The highest BCUT2D eigenvalue weighted by Crippen LogP contribution is 2.32. The van der Waals surface area contributed by atoms with E-state index in [1.54, 1.807) is 0 Å². The van der Waals surface area contributed by atoms with E-state index >= 15 is 0 Å². The first-order valence-corrected chi connectivity index (χ1v) is 5.75. The first-order valence-electron chi connectivity index (χ1n) is 4.96. The Morgan fingerprint density at radius 1 is 1.37 bits per heavy atom. The lowest BCUT2D eigenvalue weighted by Gasteiger charge is -2.12. The number of nitrogens with zero attached hydrogens (tertiary/aromatic N) is 3. The lowest BCUT2D eigenvalue weighted by Crippen LogP contribution is -2.17. The van der Waals surface area contributed by atoms with Gasteiger partial charge in [-0.05, 0) is 34.1 Å². The van der Waals surface area contributed by atoms with Gasteiger partial charge >= 0.3 is 6.36 Å². The van der Waals surface area contributed by atoms with Crippen molar-refractivity contribution < 1.29 is 23.0 Å². The Morgan fingerprint density at radius 2 is 2.11 bits per heavy atom. The Kier molecular flexibility index (Phi) is 3.76. The summed E-state index contributed by atoms with van der Waals surface area (Å²) in [5, 5.41) is 16.3. The zero-order valence-electron chi connectivity index (χ0n) is 9.23. The first kappa shape index (κ1) is 13.8. The van der Waals surface area contributed by atoms with Crippen LogP contribution < -0.4 is 4.74 Å². The second-order valence-electron chi connectivity index (χ2n) is 3.44. The van der Waals surface area contributed by atoms with Gasteiger partial charge in [0.1, 0.15) is 18.7 Å². The highest BCUT2D eigenvalue weighted by molar-refractivity contribution is 9.10. The maximum atomic E-state index is 12.1. The van der Waals surface area contributed by atoms with Crippen LogP contribution in [-0.2, 0) is 6.61 Å². The normalized spacial score (nSPS) is 11.6. The molecule has 0 radical (unpaired) electrons. The van der Waals surface area contributed by atoms with Crippen molar-refractivity contribution in [1.82, 2.24) is 14.8 Å². The van der Waals surface area contributed by atoms with E-state index in [9.17, 15) is 13.2 Å². The fraction of sp³-hybridized carbons (Fsp3) is 0.200. The second kappa shape index (κ2) is 5.17. The van der Waals surface area contributed by atoms with E-state index in [0.29, 0.717) is 5.69 Å². The van der Waals surface area contributed by atoms with Crippen molar-refractivity contribution in [3.63, 3.8) is 0 Å². The summed E-state index contributed by atoms with van der Waals surface area (Å²) in [4.78, 5) is 0. The Hall–Kier alpha value is -1.61. The summed E-state index contributed by atoms with van der Waals surface area (Å²) >= 11 is 2.99. The third kappa shape index (κ3) is 3.24. The van der Waals surface area contributed by atoms with Gasteiger partial charge in [-0.25, -0.2) is 0 Å². The van der Waals surface area contributed by atoms with Crippen molar-refractivity contribution in [3.8, 4) is 11.4 Å². The number of alkyl halides is 3. The van der Waals surface area contributed by atoms with Gasteiger partial charge in [0.15, 0.2) is 5.82 Å². The molecule has 0 atom stereocenters. The SMILES string of the molecule is OCc1nncn1-c1ccc(OC(F)(F)F)c(Br)c1. The predicted octanol–water partition coefficient (Wildman–Crippen LogP) is 2.42. The lowest BCUT2D eigenvalue weighted by atomic mass is 10.3. The van der Waals surface area contributed by atoms with Crippen molar-refractivity contribution in [2.24, 2.45) is 0 Å². The molecule has 0 aliphatic rings. The fourth-order valence-electron chi connectivity index (χ4n) is 1.43. The molecule has 1 heterocycles. The van der Waals surface area contributed by atoms with Crippen molar-refractivity contribution in [1.29, 1.82) is 0 Å². The summed E-state index contributed by atoms with van der Waals surface area (Å²) in [7, 11) is 0. The number of hydrogen-bond donors (Lipinski definition) is 1. The summed E-state index contributed by atoms with van der Waals surface area (Å²) < 4.78 is 41.7. The summed E-state index contributed by atoms with van der Waals surface area (Å²) in [6.07, 6.45) is -3.41. The van der Waals surface area contributed by atoms with Gasteiger partial charge in [0, 0.05) is 5.69 Å². The lowest BCUT2D eigenvalue weighted by molar-refractivity contribution is -0.274. The minimum atomic E-state index is -4.75. The zero-order valence-corrected chi connectivity index (χ0v) is 10.8. The second-order valence-corrected chi connectivity index (χ2v) is 4.29. The molecule has 102 valence electrons. The van der Waals surface area contributed by atoms with Crippen LogP contribution in [0.5, 0.6) is 5.75 Å².